The topological polar surface area (TPSA) is 113 Å². The van der Waals surface area contributed by atoms with E-state index >= 15 is 0 Å². The van der Waals surface area contributed by atoms with Crippen LogP contribution in [0, 0.1) is 0 Å². The molecule has 0 saturated carbocycles. The van der Waals surface area contributed by atoms with Gasteiger partial charge in [-0.2, -0.15) is 4.99 Å². The van der Waals surface area contributed by atoms with Crippen LogP contribution < -0.4 is 4.74 Å². The number of carboxylic acid groups (broad SMARTS) is 1. The number of rotatable bonds is 7. The standard InChI is InChI=1S/C18H22N2O6S2/c1-26-13-7-5-12(6-8-13)9-20-14-10-28(24,25)11-15(14)27-18(20)19-16(21)3-2-4-17(22)23/h5-8,14-15H,2-4,9-11H2,1H3,(H,22,23)/t14-,15-/m1/s1. The fourth-order valence-corrected chi connectivity index (χ4v) is 7.27. The molecule has 0 unspecified atom stereocenters. The third-order valence-corrected chi connectivity index (χ3v) is 7.94. The van der Waals surface area contributed by atoms with Crippen LogP contribution in [-0.2, 0) is 26.0 Å². The molecule has 0 bridgehead atoms. The summed E-state index contributed by atoms with van der Waals surface area (Å²) in [5, 5.41) is 9.06. The van der Waals surface area contributed by atoms with E-state index in [9.17, 15) is 18.0 Å². The number of aliphatic carboxylic acids is 1. The highest BCUT2D eigenvalue weighted by Gasteiger charge is 2.48. The van der Waals surface area contributed by atoms with Crippen molar-refractivity contribution in [3.05, 3.63) is 29.8 Å². The molecule has 2 aliphatic heterocycles. The van der Waals surface area contributed by atoms with Crippen LogP contribution in [0.5, 0.6) is 5.75 Å². The summed E-state index contributed by atoms with van der Waals surface area (Å²) in [6.45, 7) is 0.439. The van der Waals surface area contributed by atoms with Crippen molar-refractivity contribution in [3.8, 4) is 5.75 Å². The Labute approximate surface area is 167 Å². The quantitative estimate of drug-likeness (QED) is 0.699. The van der Waals surface area contributed by atoms with Crippen molar-refractivity contribution < 1.29 is 27.9 Å². The third-order valence-electron chi connectivity index (χ3n) is 4.69. The van der Waals surface area contributed by atoms with Crippen LogP contribution in [0.2, 0.25) is 0 Å². The van der Waals surface area contributed by atoms with Crippen molar-refractivity contribution in [3.63, 3.8) is 0 Å². The maximum Gasteiger partial charge on any atom is 0.303 e. The molecular weight excluding hydrogens is 404 g/mol. The molecule has 2 atom stereocenters. The zero-order valence-corrected chi connectivity index (χ0v) is 17.0. The van der Waals surface area contributed by atoms with E-state index < -0.39 is 15.8 Å². The molecule has 28 heavy (non-hydrogen) atoms. The lowest BCUT2D eigenvalue weighted by Gasteiger charge is -2.24. The van der Waals surface area contributed by atoms with Gasteiger partial charge in [0.2, 0.25) is 5.91 Å². The van der Waals surface area contributed by atoms with Crippen molar-refractivity contribution in [2.24, 2.45) is 4.99 Å². The predicted molar refractivity (Wildman–Crippen MR) is 106 cm³/mol. The first-order chi connectivity index (χ1) is 13.3. The molecule has 0 aromatic heterocycles. The van der Waals surface area contributed by atoms with Crippen molar-refractivity contribution in [1.29, 1.82) is 0 Å². The monoisotopic (exact) mass is 426 g/mol. The molecule has 2 aliphatic rings. The summed E-state index contributed by atoms with van der Waals surface area (Å²) in [5.41, 5.74) is 0.956. The lowest BCUT2D eigenvalue weighted by Crippen LogP contribution is -2.37. The van der Waals surface area contributed by atoms with E-state index in [2.05, 4.69) is 4.99 Å². The molecular formula is C18H22N2O6S2. The smallest absolute Gasteiger partial charge is 0.303 e. The van der Waals surface area contributed by atoms with Gasteiger partial charge in [-0.15, -0.1) is 0 Å². The zero-order valence-electron chi connectivity index (χ0n) is 15.4. The molecule has 2 fully saturated rings. The number of benzene rings is 1. The summed E-state index contributed by atoms with van der Waals surface area (Å²) >= 11 is 1.32. The van der Waals surface area contributed by atoms with Gasteiger partial charge >= 0.3 is 5.97 Å². The number of amidine groups is 1. The van der Waals surface area contributed by atoms with Crippen LogP contribution >= 0.6 is 11.8 Å². The van der Waals surface area contributed by atoms with Crippen molar-refractivity contribution >= 4 is 38.6 Å². The highest BCUT2D eigenvalue weighted by molar-refractivity contribution is 8.15. The summed E-state index contributed by atoms with van der Waals surface area (Å²) in [6, 6.07) is 7.23. The highest BCUT2D eigenvalue weighted by Crippen LogP contribution is 2.39. The Bertz CT molecular complexity index is 882. The fraction of sp³-hybridized carbons (Fsp3) is 0.500. The van der Waals surface area contributed by atoms with Gasteiger partial charge in [0.15, 0.2) is 15.0 Å². The van der Waals surface area contributed by atoms with Crippen LogP contribution in [0.15, 0.2) is 29.3 Å². The second-order valence-corrected chi connectivity index (χ2v) is 10.2. The van der Waals surface area contributed by atoms with Crippen molar-refractivity contribution in [1.82, 2.24) is 4.90 Å². The van der Waals surface area contributed by atoms with Crippen LogP contribution in [0.25, 0.3) is 0 Å². The van der Waals surface area contributed by atoms with Gasteiger partial charge in [-0.3, -0.25) is 9.59 Å². The number of sulfone groups is 1. The van der Waals surface area contributed by atoms with E-state index in [4.69, 9.17) is 9.84 Å². The predicted octanol–water partition coefficient (Wildman–Crippen LogP) is 1.55. The Balaban J connectivity index is 1.76. The van der Waals surface area contributed by atoms with E-state index in [0.717, 1.165) is 11.3 Å². The van der Waals surface area contributed by atoms with Gasteiger partial charge in [0.1, 0.15) is 5.75 Å². The molecule has 1 aromatic rings. The molecule has 1 N–H and O–H groups in total. The number of carbonyl (C=O) groups is 2. The molecule has 10 heteroatoms. The van der Waals surface area contributed by atoms with Gasteiger partial charge in [-0.1, -0.05) is 23.9 Å². The first-order valence-electron chi connectivity index (χ1n) is 8.87. The van der Waals surface area contributed by atoms with Crippen LogP contribution in [0.4, 0.5) is 0 Å². The fourth-order valence-electron chi connectivity index (χ4n) is 3.30. The highest BCUT2D eigenvalue weighted by atomic mass is 32.2. The Morgan fingerprint density at radius 2 is 1.96 bits per heavy atom. The van der Waals surface area contributed by atoms with Crippen LogP contribution in [0.1, 0.15) is 24.8 Å². The summed E-state index contributed by atoms with van der Waals surface area (Å²) in [5.74, 6) is -0.480. The van der Waals surface area contributed by atoms with Gasteiger partial charge in [-0.25, -0.2) is 8.42 Å². The molecule has 2 saturated heterocycles. The third kappa shape index (κ3) is 5.05. The average molecular weight is 427 g/mol. The van der Waals surface area contributed by atoms with Gasteiger partial charge < -0.3 is 14.7 Å². The molecule has 1 amide bonds. The van der Waals surface area contributed by atoms with E-state index in [1.54, 1.807) is 7.11 Å². The largest absolute Gasteiger partial charge is 0.497 e. The summed E-state index contributed by atoms with van der Waals surface area (Å²) in [6.07, 6.45) is 0.207. The minimum absolute atomic E-state index is 0.0487. The molecule has 0 spiro atoms. The number of nitrogens with zero attached hydrogens (tertiary/aromatic N) is 2. The molecule has 8 nitrogen and oxygen atoms in total. The second-order valence-electron chi connectivity index (χ2n) is 6.81. The summed E-state index contributed by atoms with van der Waals surface area (Å²) in [4.78, 5) is 28.8. The van der Waals surface area contributed by atoms with E-state index in [1.165, 1.54) is 11.8 Å². The van der Waals surface area contributed by atoms with Gasteiger partial charge in [-0.05, 0) is 24.1 Å². The van der Waals surface area contributed by atoms with Crippen LogP contribution in [-0.4, -0.2) is 65.4 Å². The molecule has 3 rings (SSSR count). The second kappa shape index (κ2) is 8.52. The number of hydrogen-bond acceptors (Lipinski definition) is 6. The van der Waals surface area contributed by atoms with E-state index in [1.807, 2.05) is 29.2 Å². The first-order valence-corrected chi connectivity index (χ1v) is 11.6. The number of carbonyl (C=O) groups excluding carboxylic acids is 1. The van der Waals surface area contributed by atoms with Crippen molar-refractivity contribution in [2.75, 3.05) is 18.6 Å². The van der Waals surface area contributed by atoms with Gasteiger partial charge in [0, 0.05) is 24.6 Å². The minimum atomic E-state index is -3.10. The maximum absolute atomic E-state index is 12.2. The number of thioether (sulfide) groups is 1. The normalized spacial score (nSPS) is 24.3. The summed E-state index contributed by atoms with van der Waals surface area (Å²) < 4.78 is 29.2. The Kier molecular flexibility index (Phi) is 6.29. The molecule has 1 aromatic carbocycles. The molecule has 152 valence electrons. The first kappa shape index (κ1) is 20.7. The number of hydrogen-bond donors (Lipinski definition) is 1. The number of aliphatic imine (C=N–C) groups is 1. The number of methoxy groups -OCH3 is 1. The van der Waals surface area contributed by atoms with E-state index in [0.29, 0.717) is 11.7 Å². The zero-order chi connectivity index (χ0) is 20.3. The molecule has 2 heterocycles. The molecule has 0 aliphatic carbocycles. The van der Waals surface area contributed by atoms with E-state index in [-0.39, 0.29) is 48.0 Å². The number of carboxylic acids is 1. The number of ether oxygens (including phenoxy) is 1. The van der Waals surface area contributed by atoms with Crippen molar-refractivity contribution in [2.45, 2.75) is 37.1 Å². The average Bonchev–Trinajstić information content (AvgIpc) is 3.07. The Hall–Kier alpha value is -2.07. The lowest BCUT2D eigenvalue weighted by molar-refractivity contribution is -0.137. The van der Waals surface area contributed by atoms with Crippen LogP contribution in [0.3, 0.4) is 0 Å². The Morgan fingerprint density at radius 3 is 2.61 bits per heavy atom. The molecule has 0 radical (unpaired) electrons. The Morgan fingerprint density at radius 1 is 1.25 bits per heavy atom. The minimum Gasteiger partial charge on any atom is -0.497 e. The summed E-state index contributed by atoms with van der Waals surface area (Å²) in [7, 11) is -1.52. The number of amides is 1. The SMILES string of the molecule is COc1ccc(CN2C(=NC(=O)CCCC(=O)O)S[C@@H]3CS(=O)(=O)C[C@H]32)cc1. The maximum atomic E-state index is 12.2. The van der Waals surface area contributed by atoms with Gasteiger partial charge in [0.05, 0.1) is 24.7 Å². The van der Waals surface area contributed by atoms with Gasteiger partial charge in [0.25, 0.3) is 0 Å². The number of fused-ring (bicyclic) bond motifs is 1. The lowest BCUT2D eigenvalue weighted by atomic mass is 10.1.